The summed E-state index contributed by atoms with van der Waals surface area (Å²) in [6.45, 7) is 3.27. The molecule has 1 atom stereocenters. The normalized spacial score (nSPS) is 18.4. The maximum Gasteiger partial charge on any atom is 0.310 e. The monoisotopic (exact) mass is 392 g/mol. The first-order valence-electron chi connectivity index (χ1n) is 8.48. The number of carbonyl (C=O) groups excluding carboxylic acids is 1. The first-order valence-corrected chi connectivity index (χ1v) is 10.3. The number of rotatable bonds is 6. The summed E-state index contributed by atoms with van der Waals surface area (Å²) in [6.07, 6.45) is 0.527. The Morgan fingerprint density at radius 1 is 1.33 bits per heavy atom. The van der Waals surface area contributed by atoms with Crippen LogP contribution in [0.1, 0.15) is 34.2 Å². The van der Waals surface area contributed by atoms with E-state index in [9.17, 15) is 23.3 Å². The van der Waals surface area contributed by atoms with Gasteiger partial charge in [0.25, 0.3) is 0 Å². The minimum Gasteiger partial charge on any atom is -0.478 e. The summed E-state index contributed by atoms with van der Waals surface area (Å²) >= 11 is 0. The molecule has 0 saturated carbocycles. The smallest absolute Gasteiger partial charge is 0.310 e. The Labute approximate surface area is 156 Å². The van der Waals surface area contributed by atoms with Crippen LogP contribution in [-0.4, -0.2) is 41.8 Å². The van der Waals surface area contributed by atoms with Crippen LogP contribution in [0.15, 0.2) is 30.3 Å². The lowest BCUT2D eigenvalue weighted by Gasteiger charge is -2.16. The molecule has 2 heterocycles. The van der Waals surface area contributed by atoms with Gasteiger partial charge in [-0.05, 0) is 32.4 Å². The number of ether oxygens (including phenoxy) is 1. The summed E-state index contributed by atoms with van der Waals surface area (Å²) in [5, 5.41) is 11.0. The molecule has 8 nitrogen and oxygen atoms in total. The summed E-state index contributed by atoms with van der Waals surface area (Å²) in [6, 6.07) is 7.41. The second-order valence-corrected chi connectivity index (χ2v) is 8.88. The highest BCUT2D eigenvalue weighted by Crippen LogP contribution is 2.30. The van der Waals surface area contributed by atoms with Crippen LogP contribution in [0.4, 0.5) is 5.69 Å². The van der Waals surface area contributed by atoms with Gasteiger partial charge in [-0.15, -0.1) is 0 Å². The van der Waals surface area contributed by atoms with Crippen molar-refractivity contribution in [3.05, 3.63) is 57.4 Å². The van der Waals surface area contributed by atoms with Gasteiger partial charge in [-0.1, -0.05) is 12.1 Å². The minimum absolute atomic E-state index is 0.0338. The number of ketones is 1. The molecule has 0 bridgehead atoms. The van der Waals surface area contributed by atoms with Gasteiger partial charge in [0.1, 0.15) is 0 Å². The second kappa shape index (κ2) is 7.15. The SMILES string of the molecule is Cc1cc(C(=O)COc2ccccc2[N+](=O)[O-])c(C)n1C1CCS(=O)(=O)C1. The van der Waals surface area contributed by atoms with Crippen molar-refractivity contribution in [1.82, 2.24) is 4.57 Å². The highest BCUT2D eigenvalue weighted by molar-refractivity contribution is 7.91. The first-order chi connectivity index (χ1) is 12.7. The van der Waals surface area contributed by atoms with E-state index in [1.807, 2.05) is 11.5 Å². The zero-order chi connectivity index (χ0) is 19.8. The molecule has 27 heavy (non-hydrogen) atoms. The van der Waals surface area contributed by atoms with Gasteiger partial charge in [-0.2, -0.15) is 0 Å². The zero-order valence-corrected chi connectivity index (χ0v) is 15.9. The Morgan fingerprint density at radius 2 is 2.04 bits per heavy atom. The predicted octanol–water partition coefficient (Wildman–Crippen LogP) is 2.63. The van der Waals surface area contributed by atoms with Crippen LogP contribution in [0.25, 0.3) is 0 Å². The predicted molar refractivity (Wildman–Crippen MR) is 99.1 cm³/mol. The largest absolute Gasteiger partial charge is 0.478 e. The number of aromatic nitrogens is 1. The average molecular weight is 392 g/mol. The molecule has 1 aliphatic rings. The summed E-state index contributed by atoms with van der Waals surface area (Å²) in [4.78, 5) is 23.1. The van der Waals surface area contributed by atoms with Crippen molar-refractivity contribution in [3.8, 4) is 5.75 Å². The molecule has 9 heteroatoms. The molecular formula is C18H20N2O6S. The van der Waals surface area contributed by atoms with E-state index in [0.29, 0.717) is 17.7 Å². The van der Waals surface area contributed by atoms with Gasteiger partial charge < -0.3 is 9.30 Å². The van der Waals surface area contributed by atoms with Crippen LogP contribution in [0.3, 0.4) is 0 Å². The lowest BCUT2D eigenvalue weighted by molar-refractivity contribution is -0.385. The summed E-state index contributed by atoms with van der Waals surface area (Å²) in [5.41, 5.74) is 1.73. The molecule has 1 saturated heterocycles. The number of hydrogen-bond acceptors (Lipinski definition) is 6. The van der Waals surface area contributed by atoms with Crippen LogP contribution in [0.5, 0.6) is 5.75 Å². The fourth-order valence-corrected chi connectivity index (χ4v) is 5.25. The van der Waals surface area contributed by atoms with Crippen molar-refractivity contribution in [3.63, 3.8) is 0 Å². The number of nitro benzene ring substituents is 1. The quantitative estimate of drug-likeness (QED) is 0.425. The van der Waals surface area contributed by atoms with Crippen LogP contribution in [-0.2, 0) is 9.84 Å². The van der Waals surface area contributed by atoms with Gasteiger partial charge in [-0.25, -0.2) is 8.42 Å². The van der Waals surface area contributed by atoms with E-state index in [1.54, 1.807) is 19.1 Å². The van der Waals surface area contributed by atoms with Crippen molar-refractivity contribution < 1.29 is 22.9 Å². The molecule has 2 aromatic rings. The van der Waals surface area contributed by atoms with E-state index in [2.05, 4.69) is 0 Å². The van der Waals surface area contributed by atoms with Crippen LogP contribution in [0.2, 0.25) is 0 Å². The van der Waals surface area contributed by atoms with Gasteiger partial charge >= 0.3 is 5.69 Å². The van der Waals surface area contributed by atoms with Crippen molar-refractivity contribution in [2.75, 3.05) is 18.1 Å². The molecule has 0 N–H and O–H groups in total. The molecule has 1 fully saturated rings. The first kappa shape index (κ1) is 19.1. The Bertz CT molecular complexity index is 1010. The number of hydrogen-bond donors (Lipinski definition) is 0. The standard InChI is InChI=1S/C18H20N2O6S/c1-12-9-15(13(2)19(12)14-7-8-27(24,25)11-14)17(21)10-26-18-6-4-3-5-16(18)20(22)23/h3-6,9,14H,7-8,10-11H2,1-2H3. The van der Waals surface area contributed by atoms with Crippen molar-refractivity contribution >= 4 is 21.3 Å². The van der Waals surface area contributed by atoms with Crippen LogP contribution in [0, 0.1) is 24.0 Å². The highest BCUT2D eigenvalue weighted by Gasteiger charge is 2.31. The summed E-state index contributed by atoms with van der Waals surface area (Å²) in [5.74, 6) is -0.0532. The number of nitro groups is 1. The van der Waals surface area contributed by atoms with Crippen LogP contribution >= 0.6 is 0 Å². The molecular weight excluding hydrogens is 372 g/mol. The maximum absolute atomic E-state index is 12.6. The maximum atomic E-state index is 12.6. The third kappa shape index (κ3) is 3.87. The van der Waals surface area contributed by atoms with Crippen molar-refractivity contribution in [2.24, 2.45) is 0 Å². The fourth-order valence-electron chi connectivity index (χ4n) is 3.55. The lowest BCUT2D eigenvalue weighted by Crippen LogP contribution is -2.16. The minimum atomic E-state index is -3.04. The molecule has 3 rings (SSSR count). The zero-order valence-electron chi connectivity index (χ0n) is 15.0. The molecule has 0 amide bonds. The van der Waals surface area contributed by atoms with E-state index < -0.39 is 14.8 Å². The molecule has 0 spiro atoms. The Hall–Kier alpha value is -2.68. The van der Waals surface area contributed by atoms with Crippen LogP contribution < -0.4 is 4.74 Å². The number of sulfone groups is 1. The molecule has 144 valence electrons. The van der Waals surface area contributed by atoms with Crippen molar-refractivity contribution in [1.29, 1.82) is 0 Å². The second-order valence-electron chi connectivity index (χ2n) is 6.65. The number of benzene rings is 1. The topological polar surface area (TPSA) is 109 Å². The Kier molecular flexibility index (Phi) is 5.05. The van der Waals surface area contributed by atoms with Crippen molar-refractivity contribution in [2.45, 2.75) is 26.3 Å². The van der Waals surface area contributed by atoms with Gasteiger partial charge in [-0.3, -0.25) is 14.9 Å². The third-order valence-electron chi connectivity index (χ3n) is 4.78. The molecule has 1 aromatic heterocycles. The van der Waals surface area contributed by atoms with E-state index >= 15 is 0 Å². The molecule has 0 aliphatic carbocycles. The summed E-state index contributed by atoms with van der Waals surface area (Å²) < 4.78 is 30.8. The Balaban J connectivity index is 1.79. The van der Waals surface area contributed by atoms with Gasteiger partial charge in [0.15, 0.2) is 22.2 Å². The number of para-hydroxylation sites is 2. The van der Waals surface area contributed by atoms with Gasteiger partial charge in [0.2, 0.25) is 5.78 Å². The van der Waals surface area contributed by atoms with Gasteiger partial charge in [0.05, 0.1) is 16.4 Å². The lowest BCUT2D eigenvalue weighted by atomic mass is 10.1. The van der Waals surface area contributed by atoms with E-state index in [0.717, 1.165) is 5.69 Å². The Morgan fingerprint density at radius 3 is 2.67 bits per heavy atom. The van der Waals surface area contributed by atoms with E-state index in [1.165, 1.54) is 18.2 Å². The molecule has 1 aliphatic heterocycles. The number of nitrogens with zero attached hydrogens (tertiary/aromatic N) is 2. The number of aryl methyl sites for hydroxylation is 1. The van der Waals surface area contributed by atoms with E-state index in [4.69, 9.17) is 4.74 Å². The molecule has 1 unspecified atom stereocenters. The summed E-state index contributed by atoms with van der Waals surface area (Å²) in [7, 11) is -3.04. The molecule has 0 radical (unpaired) electrons. The highest BCUT2D eigenvalue weighted by atomic mass is 32.2. The number of Topliss-reactive ketones (excluding diaryl/α,β-unsaturated/α-hetero) is 1. The fraction of sp³-hybridized carbons (Fsp3) is 0.389. The third-order valence-corrected chi connectivity index (χ3v) is 6.53. The average Bonchev–Trinajstić information content (AvgIpc) is 3.11. The number of carbonyl (C=O) groups is 1. The van der Waals surface area contributed by atoms with Gasteiger partial charge in [0, 0.05) is 29.1 Å². The molecule has 1 aromatic carbocycles. The van der Waals surface area contributed by atoms with E-state index in [-0.39, 0.29) is 41.4 Å².